The van der Waals surface area contributed by atoms with Crippen LogP contribution in [0.25, 0.3) is 11.3 Å². The monoisotopic (exact) mass is 371 g/mol. The molecule has 27 heavy (non-hydrogen) atoms. The van der Waals surface area contributed by atoms with Crippen molar-refractivity contribution < 1.29 is 14.3 Å². The summed E-state index contributed by atoms with van der Waals surface area (Å²) < 4.78 is 10.7. The highest BCUT2D eigenvalue weighted by Crippen LogP contribution is 2.28. The highest BCUT2D eigenvalue weighted by molar-refractivity contribution is 5.84. The smallest absolute Gasteiger partial charge is 0.412 e. The Bertz CT molecular complexity index is 767. The van der Waals surface area contributed by atoms with Crippen molar-refractivity contribution in [1.82, 2.24) is 9.97 Å². The molecule has 6 nitrogen and oxygen atoms in total. The lowest BCUT2D eigenvalue weighted by atomic mass is 10.00. The van der Waals surface area contributed by atoms with Crippen molar-refractivity contribution in [2.24, 2.45) is 11.8 Å². The number of anilines is 1. The number of nitrogens with zero attached hydrogens (tertiary/aromatic N) is 2. The van der Waals surface area contributed by atoms with Crippen LogP contribution in [0.3, 0.4) is 0 Å². The molecule has 0 saturated carbocycles. The fraction of sp³-hybridized carbons (Fsp3) is 0.476. The molecule has 1 N–H and O–H groups in total. The van der Waals surface area contributed by atoms with Crippen molar-refractivity contribution in [3.8, 4) is 17.0 Å². The van der Waals surface area contributed by atoms with Crippen LogP contribution in [0.4, 0.5) is 10.6 Å². The second-order valence-electron chi connectivity index (χ2n) is 7.33. The van der Waals surface area contributed by atoms with Crippen molar-refractivity contribution in [3.63, 3.8) is 0 Å². The third-order valence-corrected chi connectivity index (χ3v) is 4.19. The number of rotatable bonds is 7. The number of hydrogen-bond donors (Lipinski definition) is 1. The molecule has 1 unspecified atom stereocenters. The van der Waals surface area contributed by atoms with Crippen LogP contribution in [0.5, 0.6) is 5.75 Å². The van der Waals surface area contributed by atoms with Crippen LogP contribution < -0.4 is 10.1 Å². The Morgan fingerprint density at radius 3 is 2.59 bits per heavy atom. The van der Waals surface area contributed by atoms with Gasteiger partial charge >= 0.3 is 6.09 Å². The van der Waals surface area contributed by atoms with Crippen LogP contribution in [0.15, 0.2) is 24.4 Å². The van der Waals surface area contributed by atoms with Crippen molar-refractivity contribution in [1.29, 1.82) is 0 Å². The second-order valence-corrected chi connectivity index (χ2v) is 7.33. The summed E-state index contributed by atoms with van der Waals surface area (Å²) in [5, 5.41) is 2.57. The van der Waals surface area contributed by atoms with Gasteiger partial charge in [-0.25, -0.2) is 14.8 Å². The van der Waals surface area contributed by atoms with Crippen molar-refractivity contribution >= 4 is 11.9 Å². The third-order valence-electron chi connectivity index (χ3n) is 4.19. The van der Waals surface area contributed by atoms with Gasteiger partial charge in [0, 0.05) is 11.8 Å². The molecule has 0 fully saturated rings. The minimum Gasteiger partial charge on any atom is -0.491 e. The maximum absolute atomic E-state index is 11.4. The largest absolute Gasteiger partial charge is 0.491 e. The molecule has 1 amide bonds. The van der Waals surface area contributed by atoms with Crippen LogP contribution >= 0.6 is 0 Å². The Morgan fingerprint density at radius 2 is 1.96 bits per heavy atom. The summed E-state index contributed by atoms with van der Waals surface area (Å²) in [5.41, 5.74) is 3.56. The summed E-state index contributed by atoms with van der Waals surface area (Å²) in [6.07, 6.45) is 2.21. The lowest BCUT2D eigenvalue weighted by Crippen LogP contribution is -2.13. The molecule has 0 aromatic carbocycles. The van der Waals surface area contributed by atoms with Crippen LogP contribution in [-0.4, -0.2) is 29.8 Å². The molecule has 6 heteroatoms. The SMILES string of the molecule is COC(=O)Nc1cc(-c2cc(C)c(OCC(C)CC(C)C)c(C)n2)ccn1. The predicted octanol–water partition coefficient (Wildman–Crippen LogP) is 5.00. The van der Waals surface area contributed by atoms with Gasteiger partial charge in [0.25, 0.3) is 0 Å². The first kappa shape index (κ1) is 20.7. The fourth-order valence-electron chi connectivity index (χ4n) is 3.10. The summed E-state index contributed by atoms with van der Waals surface area (Å²) >= 11 is 0. The zero-order valence-electron chi connectivity index (χ0n) is 17.0. The number of hydrogen-bond acceptors (Lipinski definition) is 5. The first-order valence-electron chi connectivity index (χ1n) is 9.22. The molecular weight excluding hydrogens is 342 g/mol. The number of carbonyl (C=O) groups excluding carboxylic acids is 1. The van der Waals surface area contributed by atoms with E-state index in [-0.39, 0.29) is 0 Å². The zero-order valence-corrected chi connectivity index (χ0v) is 17.0. The minimum atomic E-state index is -0.556. The molecule has 146 valence electrons. The summed E-state index contributed by atoms with van der Waals surface area (Å²) in [6.45, 7) is 11.3. The van der Waals surface area contributed by atoms with Gasteiger partial charge in [0.1, 0.15) is 11.6 Å². The molecule has 0 aliphatic rings. The van der Waals surface area contributed by atoms with E-state index in [1.807, 2.05) is 26.0 Å². The molecule has 2 aromatic heterocycles. The minimum absolute atomic E-state index is 0.416. The number of ether oxygens (including phenoxy) is 2. The molecule has 2 aromatic rings. The van der Waals surface area contributed by atoms with E-state index in [4.69, 9.17) is 4.74 Å². The van der Waals surface area contributed by atoms with Gasteiger partial charge in [0.05, 0.1) is 25.1 Å². The average molecular weight is 371 g/mol. The molecular formula is C21H29N3O3. The van der Waals surface area contributed by atoms with E-state index in [0.29, 0.717) is 24.3 Å². The molecule has 0 aliphatic carbocycles. The molecule has 0 spiro atoms. The van der Waals surface area contributed by atoms with Crippen LogP contribution in [-0.2, 0) is 4.74 Å². The highest BCUT2D eigenvalue weighted by Gasteiger charge is 2.13. The average Bonchev–Trinajstić information content (AvgIpc) is 2.60. The number of methoxy groups -OCH3 is 1. The Kier molecular flexibility index (Phi) is 7.16. The molecule has 0 aliphatic heterocycles. The van der Waals surface area contributed by atoms with Crippen LogP contribution in [0.1, 0.15) is 38.4 Å². The normalized spacial score (nSPS) is 12.0. The van der Waals surface area contributed by atoms with Gasteiger partial charge in [-0.1, -0.05) is 20.8 Å². The van der Waals surface area contributed by atoms with Crippen LogP contribution in [0.2, 0.25) is 0 Å². The molecule has 2 heterocycles. The molecule has 0 saturated heterocycles. The fourth-order valence-corrected chi connectivity index (χ4v) is 3.10. The topological polar surface area (TPSA) is 73.3 Å². The highest BCUT2D eigenvalue weighted by atomic mass is 16.5. The third kappa shape index (κ3) is 5.94. The maximum Gasteiger partial charge on any atom is 0.412 e. The van der Waals surface area contributed by atoms with Gasteiger partial charge < -0.3 is 9.47 Å². The number of aryl methyl sites for hydroxylation is 2. The van der Waals surface area contributed by atoms with Gasteiger partial charge in [0.15, 0.2) is 0 Å². The van der Waals surface area contributed by atoms with Gasteiger partial charge in [0.2, 0.25) is 0 Å². The standard InChI is InChI=1S/C21H29N3O3/c1-13(2)9-14(3)12-27-20-15(4)10-18(23-16(20)5)17-7-8-22-19(11-17)24-21(25)26-6/h7-8,10-11,13-14H,9,12H2,1-6H3,(H,22,24,25). The van der Waals surface area contributed by atoms with Crippen LogP contribution in [0, 0.1) is 25.7 Å². The van der Waals surface area contributed by atoms with Gasteiger partial charge in [-0.3, -0.25) is 5.32 Å². The van der Waals surface area contributed by atoms with Gasteiger partial charge in [-0.2, -0.15) is 0 Å². The predicted molar refractivity (Wildman–Crippen MR) is 107 cm³/mol. The van der Waals surface area contributed by atoms with Crippen molar-refractivity contribution in [2.75, 3.05) is 19.0 Å². The summed E-state index contributed by atoms with van der Waals surface area (Å²) in [7, 11) is 1.31. The molecule has 1 atom stereocenters. The van der Waals surface area contributed by atoms with Gasteiger partial charge in [-0.05, 0) is 55.9 Å². The maximum atomic E-state index is 11.4. The Balaban J connectivity index is 2.18. The number of aromatic nitrogens is 2. The second kappa shape index (κ2) is 9.35. The van der Waals surface area contributed by atoms with E-state index in [2.05, 4.69) is 40.8 Å². The Labute approximate surface area is 161 Å². The van der Waals surface area contributed by atoms with E-state index in [0.717, 1.165) is 34.7 Å². The quantitative estimate of drug-likeness (QED) is 0.741. The number of carbonyl (C=O) groups is 1. The number of pyridine rings is 2. The van der Waals surface area contributed by atoms with E-state index in [1.54, 1.807) is 12.3 Å². The molecule has 2 rings (SSSR count). The number of amides is 1. The summed E-state index contributed by atoms with van der Waals surface area (Å²) in [5.74, 6) is 2.41. The first-order chi connectivity index (χ1) is 12.8. The van der Waals surface area contributed by atoms with E-state index in [9.17, 15) is 4.79 Å². The number of nitrogens with one attached hydrogen (secondary N) is 1. The Hall–Kier alpha value is -2.63. The zero-order chi connectivity index (χ0) is 20.0. The van der Waals surface area contributed by atoms with E-state index < -0.39 is 6.09 Å². The first-order valence-corrected chi connectivity index (χ1v) is 9.22. The van der Waals surface area contributed by atoms with E-state index in [1.165, 1.54) is 7.11 Å². The van der Waals surface area contributed by atoms with E-state index >= 15 is 0 Å². The summed E-state index contributed by atoms with van der Waals surface area (Å²) in [4.78, 5) is 20.2. The Morgan fingerprint density at radius 1 is 1.22 bits per heavy atom. The van der Waals surface area contributed by atoms with Crippen molar-refractivity contribution in [2.45, 2.75) is 41.0 Å². The van der Waals surface area contributed by atoms with Gasteiger partial charge in [-0.15, -0.1) is 0 Å². The molecule has 0 bridgehead atoms. The molecule has 0 radical (unpaired) electrons. The summed E-state index contributed by atoms with van der Waals surface area (Å²) in [6, 6.07) is 5.62. The van der Waals surface area contributed by atoms with Crippen molar-refractivity contribution in [3.05, 3.63) is 35.7 Å². The lowest BCUT2D eigenvalue weighted by molar-refractivity contribution is 0.187. The lowest BCUT2D eigenvalue weighted by Gasteiger charge is -2.18.